The Morgan fingerprint density at radius 2 is 2.07 bits per heavy atom. The van der Waals surface area contributed by atoms with Gasteiger partial charge in [-0.25, -0.2) is 4.79 Å². The molecule has 2 aliphatic carbocycles. The lowest BCUT2D eigenvalue weighted by Crippen LogP contribution is -2.23. The van der Waals surface area contributed by atoms with Crippen LogP contribution < -0.4 is 11.0 Å². The first-order chi connectivity index (χ1) is 13.2. The number of aromatic nitrogens is 4. The third kappa shape index (κ3) is 2.78. The van der Waals surface area contributed by atoms with Gasteiger partial charge in [-0.3, -0.25) is 14.5 Å². The van der Waals surface area contributed by atoms with Gasteiger partial charge in [0.1, 0.15) is 0 Å². The fourth-order valence-electron chi connectivity index (χ4n) is 4.60. The van der Waals surface area contributed by atoms with Gasteiger partial charge < -0.3 is 10.3 Å². The maximum Gasteiger partial charge on any atom is 0.326 e. The Balaban J connectivity index is 1.36. The lowest BCUT2D eigenvalue weighted by molar-refractivity contribution is 0.0950. The molecule has 0 spiro atoms. The van der Waals surface area contributed by atoms with Crippen molar-refractivity contribution in [1.82, 2.24) is 25.1 Å². The molecule has 0 unspecified atom stereocenters. The molecule has 1 aromatic carbocycles. The van der Waals surface area contributed by atoms with E-state index in [4.69, 9.17) is 0 Å². The number of amides is 1. The number of benzene rings is 1. The normalized spacial score (nSPS) is 16.9. The van der Waals surface area contributed by atoms with E-state index in [0.717, 1.165) is 48.8 Å². The molecule has 7 nitrogen and oxygen atoms in total. The standard InChI is InChI=1S/C20H23N5O2/c26-19(21-11-17-14-6-3-7-15(14)23-24-17)12-8-9-18-16(10-12)22-20(27)25(18)13-4-1-2-5-13/h8-10,13H,1-7,11H2,(H,21,26)(H,22,27)(H,23,24). The van der Waals surface area contributed by atoms with Gasteiger partial charge in [-0.2, -0.15) is 5.10 Å². The van der Waals surface area contributed by atoms with Crippen LogP contribution in [-0.2, 0) is 19.4 Å². The summed E-state index contributed by atoms with van der Waals surface area (Å²) in [6.07, 6.45) is 7.64. The quantitative estimate of drug-likeness (QED) is 0.663. The highest BCUT2D eigenvalue weighted by Crippen LogP contribution is 2.30. The third-order valence-corrected chi connectivity index (χ3v) is 5.98. The molecular weight excluding hydrogens is 342 g/mol. The summed E-state index contributed by atoms with van der Waals surface area (Å²) < 4.78 is 1.86. The molecule has 1 saturated carbocycles. The molecule has 2 heterocycles. The number of carbonyl (C=O) groups is 1. The number of hydrogen-bond acceptors (Lipinski definition) is 3. The van der Waals surface area contributed by atoms with Crippen molar-refractivity contribution in [1.29, 1.82) is 0 Å². The molecule has 0 saturated heterocycles. The molecule has 2 aliphatic rings. The van der Waals surface area contributed by atoms with Crippen LogP contribution in [0.1, 0.15) is 65.5 Å². The van der Waals surface area contributed by atoms with Gasteiger partial charge in [-0.05, 0) is 55.9 Å². The zero-order valence-electron chi connectivity index (χ0n) is 15.2. The van der Waals surface area contributed by atoms with Crippen LogP contribution in [0, 0.1) is 0 Å². The summed E-state index contributed by atoms with van der Waals surface area (Å²) in [4.78, 5) is 27.9. The van der Waals surface area contributed by atoms with Crippen molar-refractivity contribution in [2.75, 3.05) is 0 Å². The molecule has 0 aliphatic heterocycles. The topological polar surface area (TPSA) is 95.6 Å². The molecule has 2 aromatic heterocycles. The number of nitrogens with one attached hydrogen (secondary N) is 3. The molecule has 5 rings (SSSR count). The Morgan fingerprint density at radius 3 is 2.93 bits per heavy atom. The van der Waals surface area contributed by atoms with E-state index < -0.39 is 0 Å². The van der Waals surface area contributed by atoms with Gasteiger partial charge in [0.15, 0.2) is 0 Å². The lowest BCUT2D eigenvalue weighted by Gasteiger charge is -2.11. The molecule has 140 valence electrons. The highest BCUT2D eigenvalue weighted by molar-refractivity contribution is 5.97. The highest BCUT2D eigenvalue weighted by Gasteiger charge is 2.22. The molecule has 0 bridgehead atoms. The molecule has 1 fully saturated rings. The molecule has 1 amide bonds. The van der Waals surface area contributed by atoms with E-state index in [-0.39, 0.29) is 17.6 Å². The van der Waals surface area contributed by atoms with Crippen molar-refractivity contribution >= 4 is 16.9 Å². The van der Waals surface area contributed by atoms with Gasteiger partial charge in [0.05, 0.1) is 23.3 Å². The number of rotatable bonds is 4. The Hall–Kier alpha value is -2.83. The summed E-state index contributed by atoms with van der Waals surface area (Å²) in [5, 5.41) is 10.3. The number of carbonyl (C=O) groups excluding carboxylic acids is 1. The number of hydrogen-bond donors (Lipinski definition) is 3. The first kappa shape index (κ1) is 16.4. The van der Waals surface area contributed by atoms with Crippen LogP contribution in [0.2, 0.25) is 0 Å². The zero-order chi connectivity index (χ0) is 18.4. The van der Waals surface area contributed by atoms with Crippen LogP contribution in [0.3, 0.4) is 0 Å². The molecule has 7 heteroatoms. The van der Waals surface area contributed by atoms with Crippen LogP contribution in [0.15, 0.2) is 23.0 Å². The summed E-state index contributed by atoms with van der Waals surface area (Å²) in [5.74, 6) is -0.152. The van der Waals surface area contributed by atoms with E-state index in [1.54, 1.807) is 12.1 Å². The van der Waals surface area contributed by atoms with Gasteiger partial charge >= 0.3 is 5.69 Å². The van der Waals surface area contributed by atoms with Crippen LogP contribution >= 0.6 is 0 Å². The van der Waals surface area contributed by atoms with Crippen molar-refractivity contribution in [3.05, 3.63) is 51.2 Å². The summed E-state index contributed by atoms with van der Waals surface area (Å²) >= 11 is 0. The second kappa shape index (κ2) is 6.40. The Morgan fingerprint density at radius 1 is 1.22 bits per heavy atom. The van der Waals surface area contributed by atoms with Crippen LogP contribution in [0.25, 0.3) is 11.0 Å². The van der Waals surface area contributed by atoms with Crippen molar-refractivity contribution in [3.63, 3.8) is 0 Å². The first-order valence-electron chi connectivity index (χ1n) is 9.78. The van der Waals surface area contributed by atoms with Crippen molar-refractivity contribution in [3.8, 4) is 0 Å². The van der Waals surface area contributed by atoms with Gasteiger partial charge in [0, 0.05) is 17.3 Å². The average Bonchev–Trinajstić information content (AvgIpc) is 3.42. The van der Waals surface area contributed by atoms with Gasteiger partial charge in [0.2, 0.25) is 0 Å². The van der Waals surface area contributed by atoms with Crippen LogP contribution in [0.5, 0.6) is 0 Å². The van der Waals surface area contributed by atoms with Crippen LogP contribution in [0.4, 0.5) is 0 Å². The van der Waals surface area contributed by atoms with E-state index in [0.29, 0.717) is 12.1 Å². The highest BCUT2D eigenvalue weighted by atomic mass is 16.2. The van der Waals surface area contributed by atoms with Crippen molar-refractivity contribution in [2.24, 2.45) is 0 Å². The van der Waals surface area contributed by atoms with E-state index in [1.807, 2.05) is 10.6 Å². The smallest absolute Gasteiger partial charge is 0.326 e. The summed E-state index contributed by atoms with van der Waals surface area (Å²) in [6.45, 7) is 0.419. The summed E-state index contributed by atoms with van der Waals surface area (Å²) in [7, 11) is 0. The number of aryl methyl sites for hydroxylation is 1. The Bertz CT molecular complexity index is 1070. The van der Waals surface area contributed by atoms with E-state index in [2.05, 4.69) is 20.5 Å². The third-order valence-electron chi connectivity index (χ3n) is 5.98. The molecule has 27 heavy (non-hydrogen) atoms. The molecule has 0 radical (unpaired) electrons. The van der Waals surface area contributed by atoms with Crippen molar-refractivity contribution < 1.29 is 4.79 Å². The minimum absolute atomic E-state index is 0.0819. The number of imidazole rings is 1. The monoisotopic (exact) mass is 365 g/mol. The van der Waals surface area contributed by atoms with E-state index >= 15 is 0 Å². The van der Waals surface area contributed by atoms with Gasteiger partial charge in [0.25, 0.3) is 5.91 Å². The Kier molecular flexibility index (Phi) is 3.88. The number of H-pyrrole nitrogens is 2. The molecule has 3 N–H and O–H groups in total. The SMILES string of the molecule is O=C(NCc1n[nH]c2c1CCC2)c1ccc2c(c1)[nH]c(=O)n2C1CCCC1. The maximum absolute atomic E-state index is 12.6. The summed E-state index contributed by atoms with van der Waals surface area (Å²) in [6, 6.07) is 5.72. The Labute approximate surface area is 156 Å². The van der Waals surface area contributed by atoms with Crippen LogP contribution in [-0.4, -0.2) is 25.7 Å². The minimum atomic E-state index is -0.152. The fraction of sp³-hybridized carbons (Fsp3) is 0.450. The number of aromatic amines is 2. The second-order valence-electron chi connectivity index (χ2n) is 7.63. The molecular formula is C20H23N5O2. The van der Waals surface area contributed by atoms with Gasteiger partial charge in [-0.15, -0.1) is 0 Å². The number of nitrogens with zero attached hydrogens (tertiary/aromatic N) is 2. The van der Waals surface area contributed by atoms with Crippen molar-refractivity contribution in [2.45, 2.75) is 57.5 Å². The lowest BCUT2D eigenvalue weighted by atomic mass is 10.1. The fourth-order valence-corrected chi connectivity index (χ4v) is 4.60. The molecule has 3 aromatic rings. The second-order valence-corrected chi connectivity index (χ2v) is 7.63. The average molecular weight is 365 g/mol. The zero-order valence-corrected chi connectivity index (χ0v) is 15.2. The number of fused-ring (bicyclic) bond motifs is 2. The predicted octanol–water partition coefficient (Wildman–Crippen LogP) is 2.59. The first-order valence-corrected chi connectivity index (χ1v) is 9.78. The predicted molar refractivity (Wildman–Crippen MR) is 102 cm³/mol. The molecule has 0 atom stereocenters. The largest absolute Gasteiger partial charge is 0.346 e. The maximum atomic E-state index is 12.6. The summed E-state index contributed by atoms with van der Waals surface area (Å²) in [5.41, 5.74) is 5.46. The van der Waals surface area contributed by atoms with E-state index in [1.165, 1.54) is 24.1 Å². The van der Waals surface area contributed by atoms with Gasteiger partial charge in [-0.1, -0.05) is 12.8 Å². The van der Waals surface area contributed by atoms with E-state index in [9.17, 15) is 9.59 Å². The minimum Gasteiger partial charge on any atom is -0.346 e.